The van der Waals surface area contributed by atoms with Crippen molar-refractivity contribution >= 4 is 15.9 Å². The quantitative estimate of drug-likeness (QED) is 0.815. The molecular formula is C18H25N3O3S. The molecule has 3 aliphatic rings. The average Bonchev–Trinajstić information content (AvgIpc) is 3.23. The van der Waals surface area contributed by atoms with Crippen LogP contribution in [0.15, 0.2) is 33.6 Å². The van der Waals surface area contributed by atoms with Crippen molar-refractivity contribution in [3.8, 4) is 0 Å². The van der Waals surface area contributed by atoms with Gasteiger partial charge in [-0.15, -0.1) is 4.40 Å². The molecule has 3 heterocycles. The van der Waals surface area contributed by atoms with Crippen molar-refractivity contribution in [1.29, 1.82) is 0 Å². The lowest BCUT2D eigenvalue weighted by Crippen LogP contribution is -2.41. The minimum atomic E-state index is -3.53. The van der Waals surface area contributed by atoms with Gasteiger partial charge in [0.2, 0.25) is 0 Å². The second-order valence-corrected chi connectivity index (χ2v) is 8.56. The fourth-order valence-electron chi connectivity index (χ4n) is 3.91. The Hall–Kier alpha value is -1.44. The Morgan fingerprint density at radius 1 is 1.08 bits per heavy atom. The lowest BCUT2D eigenvalue weighted by Gasteiger charge is -2.33. The van der Waals surface area contributed by atoms with Crippen LogP contribution in [0.4, 0.5) is 0 Å². The summed E-state index contributed by atoms with van der Waals surface area (Å²) in [5.74, 6) is 0.603. The first-order valence-corrected chi connectivity index (χ1v) is 10.6. The van der Waals surface area contributed by atoms with Crippen LogP contribution in [0, 0.1) is 0 Å². The highest BCUT2D eigenvalue weighted by Gasteiger charge is 2.33. The topological polar surface area (TPSA) is 62.2 Å². The fourth-order valence-corrected chi connectivity index (χ4v) is 5.13. The second-order valence-electron chi connectivity index (χ2n) is 6.99. The van der Waals surface area contributed by atoms with Gasteiger partial charge in [0, 0.05) is 25.2 Å². The first-order valence-electron chi connectivity index (χ1n) is 9.17. The summed E-state index contributed by atoms with van der Waals surface area (Å²) in [6.45, 7) is 5.81. The molecule has 136 valence electrons. The van der Waals surface area contributed by atoms with E-state index in [9.17, 15) is 8.42 Å². The number of ether oxygens (including phenoxy) is 1. The van der Waals surface area contributed by atoms with E-state index in [1.807, 2.05) is 12.1 Å². The molecule has 0 N–H and O–H groups in total. The van der Waals surface area contributed by atoms with E-state index in [1.165, 1.54) is 25.9 Å². The lowest BCUT2D eigenvalue weighted by molar-refractivity contribution is 0.0109. The number of piperidine rings is 1. The molecule has 0 aromatic heterocycles. The van der Waals surface area contributed by atoms with Gasteiger partial charge < -0.3 is 14.5 Å². The summed E-state index contributed by atoms with van der Waals surface area (Å²) in [5.41, 5.74) is 0.732. The van der Waals surface area contributed by atoms with Crippen molar-refractivity contribution < 1.29 is 13.2 Å². The molecule has 1 aromatic rings. The monoisotopic (exact) mass is 363 g/mol. The van der Waals surface area contributed by atoms with Gasteiger partial charge in [-0.1, -0.05) is 12.1 Å². The smallest absolute Gasteiger partial charge is 0.285 e. The summed E-state index contributed by atoms with van der Waals surface area (Å²) in [6, 6.07) is 7.09. The Kier molecular flexibility index (Phi) is 4.80. The van der Waals surface area contributed by atoms with Crippen LogP contribution in [0.2, 0.25) is 0 Å². The minimum Gasteiger partial charge on any atom is -0.377 e. The molecular weight excluding hydrogens is 338 g/mol. The van der Waals surface area contributed by atoms with Gasteiger partial charge in [-0.25, -0.2) is 0 Å². The standard InChI is InChI=1S/C18H25N3O3S/c22-25(23)17-6-2-1-5-16(17)18(19-25)21-11-7-15(8-12-21)24-14-13-20-9-3-4-10-20/h1-2,5-6,15H,3-4,7-14H2. The van der Waals surface area contributed by atoms with Crippen molar-refractivity contribution in [2.75, 3.05) is 39.3 Å². The molecule has 2 saturated heterocycles. The fraction of sp³-hybridized carbons (Fsp3) is 0.611. The number of rotatable bonds is 4. The molecule has 0 atom stereocenters. The summed E-state index contributed by atoms with van der Waals surface area (Å²) in [6.07, 6.45) is 4.73. The molecule has 0 radical (unpaired) electrons. The van der Waals surface area contributed by atoms with Gasteiger partial charge in [-0.05, 0) is 50.9 Å². The molecule has 25 heavy (non-hydrogen) atoms. The molecule has 0 bridgehead atoms. The maximum absolute atomic E-state index is 12.2. The van der Waals surface area contributed by atoms with Crippen LogP contribution >= 0.6 is 0 Å². The third-order valence-electron chi connectivity index (χ3n) is 5.31. The first kappa shape index (κ1) is 17.0. The van der Waals surface area contributed by atoms with Gasteiger partial charge in [0.1, 0.15) is 4.90 Å². The van der Waals surface area contributed by atoms with Crippen LogP contribution in [-0.2, 0) is 14.8 Å². The van der Waals surface area contributed by atoms with Crippen LogP contribution < -0.4 is 0 Å². The van der Waals surface area contributed by atoms with Crippen molar-refractivity contribution in [2.24, 2.45) is 4.40 Å². The number of hydrogen-bond acceptors (Lipinski definition) is 5. The molecule has 2 fully saturated rings. The van der Waals surface area contributed by atoms with Crippen molar-refractivity contribution in [3.05, 3.63) is 29.8 Å². The molecule has 0 aliphatic carbocycles. The van der Waals surface area contributed by atoms with E-state index in [0.29, 0.717) is 10.7 Å². The number of fused-ring (bicyclic) bond motifs is 1. The van der Waals surface area contributed by atoms with E-state index in [4.69, 9.17) is 4.74 Å². The molecule has 4 rings (SSSR count). The van der Waals surface area contributed by atoms with Crippen LogP contribution in [0.3, 0.4) is 0 Å². The number of nitrogens with zero attached hydrogens (tertiary/aromatic N) is 3. The number of sulfonamides is 1. The first-order chi connectivity index (χ1) is 12.1. The van der Waals surface area contributed by atoms with Gasteiger partial charge >= 0.3 is 0 Å². The zero-order valence-electron chi connectivity index (χ0n) is 14.4. The second kappa shape index (κ2) is 7.05. The average molecular weight is 363 g/mol. The highest BCUT2D eigenvalue weighted by molar-refractivity contribution is 7.90. The summed E-state index contributed by atoms with van der Waals surface area (Å²) in [7, 11) is -3.53. The number of hydrogen-bond donors (Lipinski definition) is 0. The molecule has 0 unspecified atom stereocenters. The summed E-state index contributed by atoms with van der Waals surface area (Å²) < 4.78 is 34.4. The van der Waals surface area contributed by atoms with E-state index >= 15 is 0 Å². The molecule has 0 amide bonds. The van der Waals surface area contributed by atoms with Crippen LogP contribution in [-0.4, -0.2) is 69.5 Å². The van der Waals surface area contributed by atoms with E-state index in [2.05, 4.69) is 14.2 Å². The number of likely N-dealkylation sites (tertiary alicyclic amines) is 2. The third-order valence-corrected chi connectivity index (χ3v) is 6.64. The van der Waals surface area contributed by atoms with Gasteiger partial charge in [0.05, 0.1) is 12.7 Å². The molecule has 0 spiro atoms. The molecule has 7 heteroatoms. The molecule has 0 saturated carbocycles. The normalized spacial score (nSPS) is 23.7. The third kappa shape index (κ3) is 3.59. The SMILES string of the molecule is O=S1(=O)N=C(N2CCC(OCCN3CCCC3)CC2)c2ccccc21. The Balaban J connectivity index is 1.32. The van der Waals surface area contributed by atoms with Crippen molar-refractivity contribution in [2.45, 2.75) is 36.7 Å². The molecule has 1 aromatic carbocycles. The van der Waals surface area contributed by atoms with Crippen molar-refractivity contribution in [3.63, 3.8) is 0 Å². The Labute approximate surface area is 149 Å². The Morgan fingerprint density at radius 3 is 2.56 bits per heavy atom. The van der Waals surface area contributed by atoms with E-state index < -0.39 is 10.0 Å². The van der Waals surface area contributed by atoms with Gasteiger partial charge in [-0.2, -0.15) is 8.42 Å². The zero-order chi connectivity index (χ0) is 17.3. The maximum Gasteiger partial charge on any atom is 0.285 e. The number of benzene rings is 1. The largest absolute Gasteiger partial charge is 0.377 e. The maximum atomic E-state index is 12.2. The summed E-state index contributed by atoms with van der Waals surface area (Å²) in [4.78, 5) is 4.88. The Morgan fingerprint density at radius 2 is 1.80 bits per heavy atom. The highest BCUT2D eigenvalue weighted by atomic mass is 32.2. The van der Waals surface area contributed by atoms with Crippen LogP contribution in [0.5, 0.6) is 0 Å². The van der Waals surface area contributed by atoms with E-state index in [1.54, 1.807) is 12.1 Å². The van der Waals surface area contributed by atoms with Crippen LogP contribution in [0.25, 0.3) is 0 Å². The van der Waals surface area contributed by atoms with E-state index in [-0.39, 0.29) is 6.10 Å². The highest BCUT2D eigenvalue weighted by Crippen LogP contribution is 2.29. The summed E-state index contributed by atoms with van der Waals surface area (Å²) >= 11 is 0. The predicted molar refractivity (Wildman–Crippen MR) is 96.4 cm³/mol. The molecule has 6 nitrogen and oxygen atoms in total. The zero-order valence-corrected chi connectivity index (χ0v) is 15.2. The summed E-state index contributed by atoms with van der Waals surface area (Å²) in [5, 5.41) is 0. The minimum absolute atomic E-state index is 0.271. The predicted octanol–water partition coefficient (Wildman–Crippen LogP) is 1.71. The van der Waals surface area contributed by atoms with Crippen molar-refractivity contribution in [1.82, 2.24) is 9.80 Å². The Bertz CT molecular complexity index is 749. The number of amidine groups is 1. The van der Waals surface area contributed by atoms with Gasteiger partial charge in [-0.3, -0.25) is 0 Å². The molecule has 3 aliphatic heterocycles. The van der Waals surface area contributed by atoms with Crippen LogP contribution in [0.1, 0.15) is 31.2 Å². The van der Waals surface area contributed by atoms with Gasteiger partial charge in [0.15, 0.2) is 5.84 Å². The van der Waals surface area contributed by atoms with E-state index in [0.717, 1.165) is 44.6 Å². The van der Waals surface area contributed by atoms with Gasteiger partial charge in [0.25, 0.3) is 10.0 Å². The lowest BCUT2D eigenvalue weighted by atomic mass is 10.1.